The Labute approximate surface area is 89.2 Å². The first-order valence-corrected chi connectivity index (χ1v) is 4.09. The van der Waals surface area contributed by atoms with E-state index in [9.17, 15) is 20.0 Å². The Morgan fingerprint density at radius 2 is 2.27 bits per heavy atom. The van der Waals surface area contributed by atoms with Crippen molar-refractivity contribution in [2.45, 2.75) is 0 Å². The van der Waals surface area contributed by atoms with E-state index in [2.05, 4.69) is 4.74 Å². The fraction of sp³-hybridized carbons (Fsp3) is 0.125. The molecule has 6 nitrogen and oxygen atoms in total. The number of hydrogen-bond donors (Lipinski definition) is 1. The molecule has 0 aliphatic rings. The van der Waals surface area contributed by atoms with Crippen LogP contribution in [-0.2, 0) is 0 Å². The number of phenols is 1. The van der Waals surface area contributed by atoms with Crippen LogP contribution in [0.5, 0.6) is 11.5 Å². The number of nitrogens with zero attached hydrogens (tertiary/aromatic N) is 1. The van der Waals surface area contributed by atoms with Crippen molar-refractivity contribution in [1.82, 2.24) is 0 Å². The number of rotatable bonds is 3. The van der Waals surface area contributed by atoms with Crippen LogP contribution >= 0.6 is 11.6 Å². The second-order valence-corrected chi connectivity index (χ2v) is 2.96. The molecule has 0 aliphatic heterocycles. The molecule has 0 bridgehead atoms. The maximum absolute atomic E-state index is 10.7. The molecule has 1 aromatic rings. The third-order valence-electron chi connectivity index (χ3n) is 1.73. The van der Waals surface area contributed by atoms with E-state index in [4.69, 9.17) is 11.6 Å². The summed E-state index contributed by atoms with van der Waals surface area (Å²) in [5.41, 5.74) is -0.964. The zero-order chi connectivity index (χ0) is 11.6. The van der Waals surface area contributed by atoms with Crippen LogP contribution in [0.25, 0.3) is 0 Å². The van der Waals surface area contributed by atoms with Gasteiger partial charge in [-0.25, -0.2) is 0 Å². The number of aromatic hydroxyl groups is 1. The van der Waals surface area contributed by atoms with Crippen LogP contribution in [0.15, 0.2) is 6.07 Å². The molecular weight excluding hydrogens is 226 g/mol. The first kappa shape index (κ1) is 11.3. The molecule has 1 aromatic carbocycles. The van der Waals surface area contributed by atoms with Crippen molar-refractivity contribution in [3.8, 4) is 11.5 Å². The normalized spacial score (nSPS) is 9.73. The van der Waals surface area contributed by atoms with Crippen LogP contribution in [0.1, 0.15) is 10.4 Å². The average molecular weight is 232 g/mol. The molecule has 15 heavy (non-hydrogen) atoms. The zero-order valence-corrected chi connectivity index (χ0v) is 8.32. The van der Waals surface area contributed by atoms with Gasteiger partial charge in [0.1, 0.15) is 5.56 Å². The van der Waals surface area contributed by atoms with Crippen molar-refractivity contribution in [1.29, 1.82) is 0 Å². The number of benzene rings is 1. The summed E-state index contributed by atoms with van der Waals surface area (Å²) in [6.45, 7) is 0. The summed E-state index contributed by atoms with van der Waals surface area (Å²) in [4.78, 5) is 20.4. The lowest BCUT2D eigenvalue weighted by molar-refractivity contribution is -0.386. The van der Waals surface area contributed by atoms with E-state index in [-0.39, 0.29) is 22.6 Å². The largest absolute Gasteiger partial charge is 0.504 e. The summed E-state index contributed by atoms with van der Waals surface area (Å²) in [5, 5.41) is 19.8. The number of hydrogen-bond acceptors (Lipinski definition) is 5. The van der Waals surface area contributed by atoms with Crippen molar-refractivity contribution in [3.63, 3.8) is 0 Å². The summed E-state index contributed by atoms with van der Waals surface area (Å²) in [7, 11) is 1.14. The van der Waals surface area contributed by atoms with E-state index in [0.717, 1.165) is 13.2 Å². The number of nitro benzene ring substituents is 1. The molecule has 0 saturated heterocycles. The fourth-order valence-electron chi connectivity index (χ4n) is 1.11. The molecule has 80 valence electrons. The first-order chi connectivity index (χ1) is 7.02. The van der Waals surface area contributed by atoms with E-state index < -0.39 is 16.4 Å². The highest BCUT2D eigenvalue weighted by Crippen LogP contribution is 2.41. The maximum Gasteiger partial charge on any atom is 0.326 e. The summed E-state index contributed by atoms with van der Waals surface area (Å²) in [6, 6.07) is 1.01. The Balaban J connectivity index is 3.66. The Bertz CT molecular complexity index is 432. The van der Waals surface area contributed by atoms with Crippen LogP contribution in [0.3, 0.4) is 0 Å². The highest BCUT2D eigenvalue weighted by atomic mass is 35.5. The molecule has 1 N–H and O–H groups in total. The van der Waals surface area contributed by atoms with E-state index >= 15 is 0 Å². The molecule has 0 radical (unpaired) electrons. The number of halogens is 1. The van der Waals surface area contributed by atoms with Crippen LogP contribution in [-0.4, -0.2) is 23.4 Å². The number of aldehydes is 1. The summed E-state index contributed by atoms with van der Waals surface area (Å²) in [6.07, 6.45) is 0.239. The number of nitro groups is 1. The minimum atomic E-state index is -0.839. The van der Waals surface area contributed by atoms with Gasteiger partial charge in [0, 0.05) is 6.07 Å². The zero-order valence-electron chi connectivity index (χ0n) is 7.56. The Morgan fingerprint density at radius 3 is 2.67 bits per heavy atom. The molecule has 0 heterocycles. The van der Waals surface area contributed by atoms with Crippen molar-refractivity contribution in [2.75, 3.05) is 7.11 Å². The minimum Gasteiger partial charge on any atom is -0.504 e. The molecule has 0 aromatic heterocycles. The predicted molar refractivity (Wildman–Crippen MR) is 51.7 cm³/mol. The van der Waals surface area contributed by atoms with Gasteiger partial charge in [-0.15, -0.1) is 0 Å². The van der Waals surface area contributed by atoms with Crippen LogP contribution < -0.4 is 4.74 Å². The van der Waals surface area contributed by atoms with Crippen molar-refractivity contribution >= 4 is 23.6 Å². The third-order valence-corrected chi connectivity index (χ3v) is 2.04. The molecule has 0 unspecified atom stereocenters. The number of ether oxygens (including phenoxy) is 1. The summed E-state index contributed by atoms with van der Waals surface area (Å²) >= 11 is 5.56. The van der Waals surface area contributed by atoms with Crippen molar-refractivity contribution in [3.05, 3.63) is 26.8 Å². The number of methoxy groups -OCH3 is 1. The lowest BCUT2D eigenvalue weighted by atomic mass is 10.1. The first-order valence-electron chi connectivity index (χ1n) is 3.72. The molecule has 7 heteroatoms. The standard InChI is InChI=1S/C8H6ClNO5/c1-15-8-6(12)2-5(9)4(3-11)7(8)10(13)14/h2-3,12H,1H3. The van der Waals surface area contributed by atoms with Crippen LogP contribution in [0, 0.1) is 10.1 Å². The smallest absolute Gasteiger partial charge is 0.326 e. The lowest BCUT2D eigenvalue weighted by Crippen LogP contribution is -1.99. The van der Waals surface area contributed by atoms with Crippen LogP contribution in [0.2, 0.25) is 5.02 Å². The predicted octanol–water partition coefficient (Wildman–Crippen LogP) is 1.77. The second kappa shape index (κ2) is 4.14. The number of phenolic OH excluding ortho intramolecular Hbond substituents is 1. The van der Waals surface area contributed by atoms with Gasteiger partial charge in [0.2, 0.25) is 5.75 Å². The quantitative estimate of drug-likeness (QED) is 0.486. The summed E-state index contributed by atoms with van der Waals surface area (Å²) < 4.78 is 4.63. The van der Waals surface area contributed by atoms with Gasteiger partial charge >= 0.3 is 5.69 Å². The van der Waals surface area contributed by atoms with Crippen molar-refractivity contribution in [2.24, 2.45) is 0 Å². The van der Waals surface area contributed by atoms with Crippen LogP contribution in [0.4, 0.5) is 5.69 Å². The van der Waals surface area contributed by atoms with Gasteiger partial charge in [0.25, 0.3) is 0 Å². The highest BCUT2D eigenvalue weighted by Gasteiger charge is 2.27. The van der Waals surface area contributed by atoms with Crippen molar-refractivity contribution < 1.29 is 19.6 Å². The topological polar surface area (TPSA) is 89.7 Å². The van der Waals surface area contributed by atoms with Gasteiger partial charge in [-0.2, -0.15) is 0 Å². The summed E-state index contributed by atoms with van der Waals surface area (Å²) in [5.74, 6) is -0.869. The maximum atomic E-state index is 10.7. The second-order valence-electron chi connectivity index (χ2n) is 2.55. The van der Waals surface area contributed by atoms with Gasteiger partial charge in [0.15, 0.2) is 12.0 Å². The molecule has 0 amide bonds. The van der Waals surface area contributed by atoms with E-state index in [1.807, 2.05) is 0 Å². The fourth-order valence-corrected chi connectivity index (χ4v) is 1.35. The number of carbonyl (C=O) groups is 1. The Morgan fingerprint density at radius 1 is 1.67 bits per heavy atom. The van der Waals surface area contributed by atoms with E-state index in [1.165, 1.54) is 0 Å². The van der Waals surface area contributed by atoms with Gasteiger partial charge in [-0.1, -0.05) is 11.6 Å². The average Bonchev–Trinajstić information content (AvgIpc) is 2.16. The Kier molecular flexibility index (Phi) is 3.11. The molecule has 0 atom stereocenters. The minimum absolute atomic E-state index is 0.199. The Hall–Kier alpha value is -1.82. The van der Waals surface area contributed by atoms with E-state index in [0.29, 0.717) is 0 Å². The van der Waals surface area contributed by atoms with E-state index in [1.54, 1.807) is 0 Å². The molecule has 0 fully saturated rings. The van der Waals surface area contributed by atoms with Gasteiger partial charge in [-0.3, -0.25) is 14.9 Å². The molecule has 0 saturated carbocycles. The lowest BCUT2D eigenvalue weighted by Gasteiger charge is -2.06. The highest BCUT2D eigenvalue weighted by molar-refractivity contribution is 6.33. The molecule has 0 aliphatic carbocycles. The molecule has 1 rings (SSSR count). The van der Waals surface area contributed by atoms with Gasteiger partial charge in [0.05, 0.1) is 17.1 Å². The van der Waals surface area contributed by atoms with Gasteiger partial charge < -0.3 is 9.84 Å². The monoisotopic (exact) mass is 231 g/mol. The number of carbonyl (C=O) groups excluding carboxylic acids is 1. The molecular formula is C8H6ClNO5. The third kappa shape index (κ3) is 1.84. The van der Waals surface area contributed by atoms with Gasteiger partial charge in [-0.05, 0) is 0 Å². The SMILES string of the molecule is COc1c(O)cc(Cl)c(C=O)c1[N+](=O)[O-]. The molecule has 0 spiro atoms.